The van der Waals surface area contributed by atoms with Crippen LogP contribution in [0.1, 0.15) is 109 Å². The lowest BCUT2D eigenvalue weighted by molar-refractivity contribution is -0.0717. The molecule has 1 N–H and O–H groups in total. The number of epoxide rings is 2. The van der Waals surface area contributed by atoms with Gasteiger partial charge in [0.05, 0.1) is 37.6 Å². The van der Waals surface area contributed by atoms with Gasteiger partial charge in [0, 0.05) is 10.8 Å². The molecule has 2 heterocycles. The summed E-state index contributed by atoms with van der Waals surface area (Å²) in [4.78, 5) is 0. The molecule has 5 atom stereocenters. The van der Waals surface area contributed by atoms with E-state index < -0.39 is 17.3 Å². The van der Waals surface area contributed by atoms with Crippen molar-refractivity contribution in [2.45, 2.75) is 107 Å². The molecule has 10 rings (SSSR count). The Bertz CT molecular complexity index is 2570. The molecule has 2 fully saturated rings. The maximum atomic E-state index is 11.2. The molecular weight excluding hydrogens is 821 g/mol. The predicted molar refractivity (Wildman–Crippen MR) is 259 cm³/mol. The number of ether oxygens (including phenoxy) is 6. The van der Waals surface area contributed by atoms with E-state index in [1.54, 1.807) is 0 Å². The second-order valence-electron chi connectivity index (χ2n) is 19.9. The first-order valence-corrected chi connectivity index (χ1v) is 24.1. The zero-order valence-corrected chi connectivity index (χ0v) is 39.0. The minimum Gasteiger partial charge on any atom is -0.491 e. The van der Waals surface area contributed by atoms with Crippen molar-refractivity contribution in [3.8, 4) is 11.5 Å². The van der Waals surface area contributed by atoms with Gasteiger partial charge < -0.3 is 33.5 Å². The Morgan fingerprint density at radius 2 is 0.924 bits per heavy atom. The molecule has 2 aliphatic heterocycles. The minimum absolute atomic E-state index is 0.120. The number of hydrogen-bond acceptors (Lipinski definition) is 7. The van der Waals surface area contributed by atoms with E-state index in [4.69, 9.17) is 28.4 Å². The van der Waals surface area contributed by atoms with Crippen molar-refractivity contribution >= 4 is 0 Å². The van der Waals surface area contributed by atoms with E-state index in [0.29, 0.717) is 19.0 Å². The maximum absolute atomic E-state index is 11.2. The zero-order valence-electron chi connectivity index (χ0n) is 39.0. The molecule has 6 aromatic rings. The van der Waals surface area contributed by atoms with Crippen LogP contribution in [0, 0.1) is 0 Å². The van der Waals surface area contributed by atoms with Crippen molar-refractivity contribution in [1.29, 1.82) is 0 Å². The van der Waals surface area contributed by atoms with Gasteiger partial charge >= 0.3 is 0 Å². The van der Waals surface area contributed by atoms with Gasteiger partial charge in [-0.1, -0.05) is 121 Å². The Morgan fingerprint density at radius 1 is 0.515 bits per heavy atom. The highest BCUT2D eigenvalue weighted by Gasteiger charge is 2.42. The molecule has 342 valence electrons. The van der Waals surface area contributed by atoms with Crippen molar-refractivity contribution < 1.29 is 33.5 Å². The number of aryl methyl sites for hydroxylation is 2. The number of aliphatic hydroxyl groups excluding tert-OH is 1. The van der Waals surface area contributed by atoms with Crippen LogP contribution in [0.4, 0.5) is 0 Å². The molecule has 7 nitrogen and oxygen atoms in total. The van der Waals surface area contributed by atoms with Crippen molar-refractivity contribution in [2.24, 2.45) is 0 Å². The third-order valence-electron chi connectivity index (χ3n) is 14.7. The van der Waals surface area contributed by atoms with E-state index in [9.17, 15) is 5.11 Å². The fourth-order valence-corrected chi connectivity index (χ4v) is 10.7. The highest BCUT2D eigenvalue weighted by molar-refractivity contribution is 5.57. The number of rotatable bonds is 18. The van der Waals surface area contributed by atoms with E-state index in [0.717, 1.165) is 68.6 Å². The molecular formula is C59H64O7. The number of fused-ring (bicyclic) bond motifs is 2. The van der Waals surface area contributed by atoms with Crippen LogP contribution >= 0.6 is 0 Å². The molecule has 5 unspecified atom stereocenters. The molecule has 2 saturated heterocycles. The summed E-state index contributed by atoms with van der Waals surface area (Å²) in [5.74, 6) is 1.58. The second kappa shape index (κ2) is 18.4. The van der Waals surface area contributed by atoms with E-state index in [2.05, 4.69) is 161 Å². The van der Waals surface area contributed by atoms with Crippen LogP contribution in [0.3, 0.4) is 0 Å². The fourth-order valence-electron chi connectivity index (χ4n) is 10.7. The lowest BCUT2D eigenvalue weighted by Gasteiger charge is -2.41. The molecule has 0 amide bonds. The number of benzene rings is 6. The predicted octanol–water partition coefficient (Wildman–Crippen LogP) is 11.1. The quantitative estimate of drug-likeness (QED) is 0.0861. The topological polar surface area (TPSA) is 82.2 Å². The van der Waals surface area contributed by atoms with Gasteiger partial charge in [-0.25, -0.2) is 0 Å². The number of aliphatic hydroxyl groups is 1. The summed E-state index contributed by atoms with van der Waals surface area (Å²) in [5.41, 5.74) is 11.1. The third kappa shape index (κ3) is 9.09. The van der Waals surface area contributed by atoms with Crippen molar-refractivity contribution in [2.75, 3.05) is 39.6 Å². The fraction of sp³-hybridized carbons (Fsp3) is 0.390. The van der Waals surface area contributed by atoms with Crippen LogP contribution in [0.2, 0.25) is 0 Å². The second-order valence-corrected chi connectivity index (χ2v) is 19.9. The molecule has 7 heteroatoms. The summed E-state index contributed by atoms with van der Waals surface area (Å²) in [6.45, 7) is 11.4. The lowest BCUT2D eigenvalue weighted by Crippen LogP contribution is -2.34. The van der Waals surface area contributed by atoms with Crippen LogP contribution in [0.5, 0.6) is 11.5 Å². The smallest absolute Gasteiger partial charge is 0.119 e. The highest BCUT2D eigenvalue weighted by Crippen LogP contribution is 2.50. The summed E-state index contributed by atoms with van der Waals surface area (Å²) in [5, 5.41) is 11.2. The summed E-state index contributed by atoms with van der Waals surface area (Å²) in [6.07, 6.45) is 6.00. The first-order chi connectivity index (χ1) is 32.0. The van der Waals surface area contributed by atoms with Gasteiger partial charge in [0.1, 0.15) is 43.0 Å². The SMILES string of the molecule is CC(C)(OCC(O)COc1ccc(C2(c3ccc(C(C)(C)OCC4CO4)cc3)CCCc3ccccc32)cc1)c1ccc(C2(c3ccc(OCC4CO4)cc3)CCCc3ccccc32)cc1. The average molecular weight is 885 g/mol. The summed E-state index contributed by atoms with van der Waals surface area (Å²) < 4.78 is 35.7. The van der Waals surface area contributed by atoms with Gasteiger partial charge in [0.25, 0.3) is 0 Å². The van der Waals surface area contributed by atoms with Crippen LogP contribution in [-0.4, -0.2) is 63.1 Å². The third-order valence-corrected chi connectivity index (χ3v) is 14.7. The van der Waals surface area contributed by atoms with Crippen LogP contribution in [0.25, 0.3) is 0 Å². The van der Waals surface area contributed by atoms with E-state index in [-0.39, 0.29) is 36.3 Å². The van der Waals surface area contributed by atoms with E-state index in [1.165, 1.54) is 44.5 Å². The lowest BCUT2D eigenvalue weighted by atomic mass is 9.62. The Labute approximate surface area is 391 Å². The Balaban J connectivity index is 0.807. The Kier molecular flexibility index (Phi) is 12.4. The summed E-state index contributed by atoms with van der Waals surface area (Å²) in [6, 6.07) is 53.0. The molecule has 6 aromatic carbocycles. The molecule has 66 heavy (non-hydrogen) atoms. The standard InChI is InChI=1S/C59H64O7/c1-56(2,43-17-21-45(22-18-43)59(34-10-14-42-12-6-8-16-55(42)59)48-27-31-51(32-28-48)62-37-52-38-63-52)65-36-49(60)35-61-50-29-25-47(26-30-50)58(33-9-13-41-11-5-7-15-54(41)58)46-23-19-44(20-24-46)57(3,4)66-40-53-39-64-53/h5-8,11-12,15-32,49,52-53,60H,9-10,13-14,33-40H2,1-4H3. The summed E-state index contributed by atoms with van der Waals surface area (Å²) in [7, 11) is 0. The largest absolute Gasteiger partial charge is 0.491 e. The molecule has 0 radical (unpaired) electrons. The maximum Gasteiger partial charge on any atom is 0.119 e. The van der Waals surface area contributed by atoms with Crippen molar-refractivity contribution in [3.05, 3.63) is 201 Å². The van der Waals surface area contributed by atoms with Crippen LogP contribution in [-0.2, 0) is 53.8 Å². The first kappa shape index (κ1) is 44.6. The van der Waals surface area contributed by atoms with Gasteiger partial charge in [-0.05, 0) is 146 Å². The van der Waals surface area contributed by atoms with E-state index in [1.807, 2.05) is 12.1 Å². The minimum atomic E-state index is -0.811. The molecule has 0 saturated carbocycles. The monoisotopic (exact) mass is 884 g/mol. The molecule has 2 aliphatic carbocycles. The first-order valence-electron chi connectivity index (χ1n) is 24.1. The molecule has 0 aromatic heterocycles. The van der Waals surface area contributed by atoms with Gasteiger partial charge in [0.15, 0.2) is 0 Å². The molecule has 0 bridgehead atoms. The van der Waals surface area contributed by atoms with Gasteiger partial charge in [-0.15, -0.1) is 0 Å². The van der Waals surface area contributed by atoms with Gasteiger partial charge in [-0.2, -0.15) is 0 Å². The highest BCUT2D eigenvalue weighted by atomic mass is 16.6. The van der Waals surface area contributed by atoms with Crippen molar-refractivity contribution in [3.63, 3.8) is 0 Å². The summed E-state index contributed by atoms with van der Waals surface area (Å²) >= 11 is 0. The van der Waals surface area contributed by atoms with Crippen molar-refractivity contribution in [1.82, 2.24) is 0 Å². The van der Waals surface area contributed by atoms with Gasteiger partial charge in [-0.3, -0.25) is 0 Å². The molecule has 4 aliphatic rings. The normalized spacial score (nSPS) is 22.7. The van der Waals surface area contributed by atoms with Crippen LogP contribution in [0.15, 0.2) is 146 Å². The Morgan fingerprint density at radius 3 is 1.39 bits per heavy atom. The zero-order chi connectivity index (χ0) is 45.4. The average Bonchev–Trinajstić information content (AvgIpc) is 4.31. The molecule has 0 spiro atoms. The van der Waals surface area contributed by atoms with E-state index >= 15 is 0 Å². The Hall–Kier alpha value is -5.28. The van der Waals surface area contributed by atoms with Crippen LogP contribution < -0.4 is 9.47 Å². The number of hydrogen-bond donors (Lipinski definition) is 1. The van der Waals surface area contributed by atoms with Gasteiger partial charge in [0.2, 0.25) is 0 Å².